The van der Waals surface area contributed by atoms with Crippen LogP contribution in [-0.4, -0.2) is 22.0 Å². The molecule has 3 aromatic heterocycles. The maximum Gasteiger partial charge on any atom is 0.338 e. The van der Waals surface area contributed by atoms with Gasteiger partial charge in [-0.25, -0.2) is 9.78 Å². The first-order valence-electron chi connectivity index (χ1n) is 6.82. The van der Waals surface area contributed by atoms with Crippen molar-refractivity contribution in [3.8, 4) is 10.4 Å². The summed E-state index contributed by atoms with van der Waals surface area (Å²) in [6.45, 7) is 6.16. The van der Waals surface area contributed by atoms with Gasteiger partial charge in [-0.2, -0.15) is 0 Å². The molecule has 0 aliphatic rings. The lowest BCUT2D eigenvalue weighted by Crippen LogP contribution is -2.09. The zero-order valence-electron chi connectivity index (χ0n) is 12.2. The fourth-order valence-corrected chi connectivity index (χ4v) is 3.40. The summed E-state index contributed by atoms with van der Waals surface area (Å²) in [5.74, 6) is -0.287. The highest BCUT2D eigenvalue weighted by atomic mass is 32.1. The topological polar surface area (TPSA) is 43.6 Å². The predicted molar refractivity (Wildman–Crippen MR) is 83.9 cm³/mol. The number of pyridine rings is 1. The Hall–Kier alpha value is -2.14. The van der Waals surface area contributed by atoms with Crippen molar-refractivity contribution in [1.82, 2.24) is 9.38 Å². The number of aromatic nitrogens is 2. The van der Waals surface area contributed by atoms with Crippen molar-refractivity contribution in [1.29, 1.82) is 0 Å². The van der Waals surface area contributed by atoms with E-state index in [-0.39, 0.29) is 5.97 Å². The van der Waals surface area contributed by atoms with Gasteiger partial charge in [0.2, 0.25) is 0 Å². The number of rotatable bonds is 3. The van der Waals surface area contributed by atoms with Crippen LogP contribution in [0.3, 0.4) is 0 Å². The van der Waals surface area contributed by atoms with Crippen LogP contribution in [0.5, 0.6) is 0 Å². The molecule has 5 heteroatoms. The van der Waals surface area contributed by atoms with E-state index in [0.717, 1.165) is 26.7 Å². The smallest absolute Gasteiger partial charge is 0.338 e. The first-order chi connectivity index (χ1) is 10.1. The summed E-state index contributed by atoms with van der Waals surface area (Å²) in [6.07, 6.45) is 3.82. The first-order valence-corrected chi connectivity index (χ1v) is 7.64. The monoisotopic (exact) mass is 300 g/mol. The third-order valence-corrected chi connectivity index (χ3v) is 4.36. The minimum atomic E-state index is -0.287. The minimum absolute atomic E-state index is 0.287. The van der Waals surface area contributed by atoms with Crippen LogP contribution in [0.25, 0.3) is 16.0 Å². The van der Waals surface area contributed by atoms with Gasteiger partial charge >= 0.3 is 5.97 Å². The molecule has 0 atom stereocenters. The predicted octanol–water partition coefficient (Wildman–Crippen LogP) is 3.86. The van der Waals surface area contributed by atoms with Crippen LogP contribution in [0.2, 0.25) is 0 Å². The summed E-state index contributed by atoms with van der Waals surface area (Å²) in [5, 5.41) is 0.979. The molecule has 0 bridgehead atoms. The van der Waals surface area contributed by atoms with Crippen molar-refractivity contribution < 1.29 is 9.53 Å². The van der Waals surface area contributed by atoms with Gasteiger partial charge < -0.3 is 9.14 Å². The second kappa shape index (κ2) is 5.33. The molecular weight excluding hydrogens is 284 g/mol. The van der Waals surface area contributed by atoms with E-state index < -0.39 is 0 Å². The number of hydrogen-bond acceptors (Lipinski definition) is 4. The highest BCUT2D eigenvalue weighted by molar-refractivity contribution is 7.15. The lowest BCUT2D eigenvalue weighted by atomic mass is 10.0. The summed E-state index contributed by atoms with van der Waals surface area (Å²) in [5.41, 5.74) is 3.51. The molecule has 0 saturated heterocycles. The lowest BCUT2D eigenvalue weighted by molar-refractivity contribution is 0.0527. The molecule has 4 nitrogen and oxygen atoms in total. The highest BCUT2D eigenvalue weighted by Gasteiger charge is 2.20. The highest BCUT2D eigenvalue weighted by Crippen LogP contribution is 2.33. The Balaban J connectivity index is 2.30. The van der Waals surface area contributed by atoms with Gasteiger partial charge in [0.25, 0.3) is 0 Å². The Bertz CT molecular complexity index is 817. The van der Waals surface area contributed by atoms with E-state index >= 15 is 0 Å². The van der Waals surface area contributed by atoms with Crippen LogP contribution < -0.4 is 0 Å². The Kier molecular flexibility index (Phi) is 3.51. The molecule has 0 radical (unpaired) electrons. The number of nitrogens with zero attached hydrogens (tertiary/aromatic N) is 2. The van der Waals surface area contributed by atoms with Crippen molar-refractivity contribution in [2.24, 2.45) is 0 Å². The quantitative estimate of drug-likeness (QED) is 0.690. The van der Waals surface area contributed by atoms with Crippen molar-refractivity contribution in [3.05, 3.63) is 46.9 Å². The van der Waals surface area contributed by atoms with Gasteiger partial charge in [0.1, 0.15) is 0 Å². The molecule has 0 aliphatic carbocycles. The van der Waals surface area contributed by atoms with E-state index in [0.29, 0.717) is 12.2 Å². The third kappa shape index (κ3) is 2.34. The zero-order valence-corrected chi connectivity index (χ0v) is 13.0. The Morgan fingerprint density at radius 2 is 2.24 bits per heavy atom. The van der Waals surface area contributed by atoms with Gasteiger partial charge in [-0.3, -0.25) is 0 Å². The van der Waals surface area contributed by atoms with Gasteiger partial charge in [-0.1, -0.05) is 0 Å². The summed E-state index contributed by atoms with van der Waals surface area (Å²) < 4.78 is 7.29. The van der Waals surface area contributed by atoms with Gasteiger partial charge in [0.15, 0.2) is 0 Å². The van der Waals surface area contributed by atoms with Gasteiger partial charge in [0, 0.05) is 29.2 Å². The average molecular weight is 300 g/mol. The molecule has 0 unspecified atom stereocenters. The molecule has 0 aliphatic heterocycles. The number of aryl methyl sites for hydroxylation is 2. The Morgan fingerprint density at radius 1 is 1.43 bits per heavy atom. The molecular formula is C16H16N2O2S. The minimum Gasteiger partial charge on any atom is -0.462 e. The van der Waals surface area contributed by atoms with Gasteiger partial charge in [-0.05, 0) is 39.0 Å². The maximum absolute atomic E-state index is 12.3. The fourth-order valence-electron chi connectivity index (χ4n) is 2.51. The molecule has 0 fully saturated rings. The number of carbonyl (C=O) groups excluding carboxylic acids is 1. The number of fused-ring (bicyclic) bond motifs is 1. The van der Waals surface area contributed by atoms with Crippen molar-refractivity contribution >= 4 is 22.8 Å². The van der Waals surface area contributed by atoms with Crippen LogP contribution in [0.15, 0.2) is 30.6 Å². The van der Waals surface area contributed by atoms with Crippen molar-refractivity contribution in [2.45, 2.75) is 20.8 Å². The normalized spacial score (nSPS) is 11.0. The van der Waals surface area contributed by atoms with Crippen LogP contribution in [0, 0.1) is 13.8 Å². The molecule has 3 rings (SSSR count). The maximum atomic E-state index is 12.3. The number of carbonyl (C=O) groups is 1. The Morgan fingerprint density at radius 3 is 2.90 bits per heavy atom. The summed E-state index contributed by atoms with van der Waals surface area (Å²) >= 11 is 1.58. The summed E-state index contributed by atoms with van der Waals surface area (Å²) in [7, 11) is 0. The second-order valence-corrected chi connectivity index (χ2v) is 6.02. The molecule has 108 valence electrons. The van der Waals surface area contributed by atoms with Crippen LogP contribution in [0.1, 0.15) is 28.0 Å². The first kappa shape index (κ1) is 13.8. The number of hydrogen-bond donors (Lipinski definition) is 0. The van der Waals surface area contributed by atoms with E-state index in [2.05, 4.69) is 9.38 Å². The number of thiazole rings is 1. The average Bonchev–Trinajstić information content (AvgIpc) is 3.07. The van der Waals surface area contributed by atoms with Crippen LogP contribution >= 0.6 is 11.3 Å². The summed E-state index contributed by atoms with van der Waals surface area (Å²) in [6, 6.07) is 5.84. The van der Waals surface area contributed by atoms with Gasteiger partial charge in [0.05, 0.1) is 22.1 Å². The second-order valence-electron chi connectivity index (χ2n) is 4.79. The summed E-state index contributed by atoms with van der Waals surface area (Å²) in [4.78, 5) is 17.6. The molecule has 0 saturated carbocycles. The van der Waals surface area contributed by atoms with E-state index in [4.69, 9.17) is 4.74 Å². The fraction of sp³-hybridized carbons (Fsp3) is 0.250. The van der Waals surface area contributed by atoms with Crippen molar-refractivity contribution in [3.63, 3.8) is 0 Å². The molecule has 3 aromatic rings. The van der Waals surface area contributed by atoms with Crippen LogP contribution in [0.4, 0.5) is 0 Å². The SMILES string of the molecule is CCOC(=O)c1cc2cccn2c(C)c1-c1cnc(C)s1. The lowest BCUT2D eigenvalue weighted by Gasteiger charge is -2.13. The molecule has 21 heavy (non-hydrogen) atoms. The molecule has 0 spiro atoms. The molecule has 0 N–H and O–H groups in total. The third-order valence-electron chi connectivity index (χ3n) is 3.43. The standard InChI is InChI=1S/C16H16N2O2S/c1-4-20-16(19)13-8-12-6-5-7-18(12)10(2)15(13)14-9-17-11(3)21-14/h5-9H,4H2,1-3H3. The van der Waals surface area contributed by atoms with E-state index in [1.165, 1.54) is 0 Å². The van der Waals surface area contributed by atoms with E-state index in [1.54, 1.807) is 11.3 Å². The van der Waals surface area contributed by atoms with E-state index in [9.17, 15) is 4.79 Å². The largest absolute Gasteiger partial charge is 0.462 e. The number of ether oxygens (including phenoxy) is 1. The molecule has 0 aromatic carbocycles. The van der Waals surface area contributed by atoms with Gasteiger partial charge in [-0.15, -0.1) is 11.3 Å². The Labute approximate surface area is 127 Å². The molecule has 3 heterocycles. The number of esters is 1. The van der Waals surface area contributed by atoms with Crippen LogP contribution in [-0.2, 0) is 4.74 Å². The zero-order chi connectivity index (χ0) is 15.0. The van der Waals surface area contributed by atoms with E-state index in [1.807, 2.05) is 51.4 Å². The molecule has 0 amide bonds. The van der Waals surface area contributed by atoms with Crippen molar-refractivity contribution in [2.75, 3.05) is 6.61 Å².